The number of oxime groups is 1. The molecule has 0 atom stereocenters. The van der Waals surface area contributed by atoms with E-state index in [0.29, 0.717) is 50.4 Å². The molecule has 0 bridgehead atoms. The highest BCUT2D eigenvalue weighted by atomic mass is 35.5. The Labute approximate surface area is 372 Å². The molecule has 0 unspecified atom stereocenters. The van der Waals surface area contributed by atoms with E-state index in [1.165, 1.54) is 54.7 Å². The van der Waals surface area contributed by atoms with E-state index in [1.807, 2.05) is 0 Å². The van der Waals surface area contributed by atoms with Crippen LogP contribution >= 0.6 is 23.2 Å². The van der Waals surface area contributed by atoms with Crippen LogP contribution in [0.1, 0.15) is 52.6 Å². The van der Waals surface area contributed by atoms with Gasteiger partial charge in [0.05, 0.1) is 32.4 Å². The van der Waals surface area contributed by atoms with E-state index >= 15 is 0 Å². The van der Waals surface area contributed by atoms with Crippen LogP contribution in [0.15, 0.2) is 127 Å². The Bertz CT molecular complexity index is 2780. The van der Waals surface area contributed by atoms with E-state index in [2.05, 4.69) is 31.4 Å². The van der Waals surface area contributed by atoms with E-state index in [9.17, 15) is 38.1 Å². The van der Waals surface area contributed by atoms with Crippen LogP contribution in [0.3, 0.4) is 0 Å². The second-order valence-corrected chi connectivity index (χ2v) is 14.2. The summed E-state index contributed by atoms with van der Waals surface area (Å²) < 4.78 is 27.6. The van der Waals surface area contributed by atoms with Gasteiger partial charge >= 0.3 is 0 Å². The normalized spacial score (nSPS) is 10.7. The molecule has 64 heavy (non-hydrogen) atoms. The third-order valence-electron chi connectivity index (χ3n) is 8.75. The number of benzene rings is 5. The molecule has 17 nitrogen and oxygen atoms in total. The largest absolute Gasteiger partial charge is 0.409 e. The molecule has 1 aromatic heterocycles. The van der Waals surface area contributed by atoms with Crippen molar-refractivity contribution in [3.05, 3.63) is 187 Å². The summed E-state index contributed by atoms with van der Waals surface area (Å²) >= 11 is 11.6. The molecule has 4 amide bonds. The van der Waals surface area contributed by atoms with Gasteiger partial charge in [0, 0.05) is 71.5 Å². The second-order valence-electron chi connectivity index (χ2n) is 13.4. The number of amidine groups is 2. The van der Waals surface area contributed by atoms with Crippen LogP contribution in [0.4, 0.5) is 37.3 Å². The van der Waals surface area contributed by atoms with Gasteiger partial charge in [-0.2, -0.15) is 0 Å². The predicted octanol–water partition coefficient (Wildman–Crippen LogP) is 8.25. The molecule has 1 heterocycles. The minimum atomic E-state index is -1.27. The quantitative estimate of drug-likeness (QED) is 0.0215. The highest BCUT2D eigenvalue weighted by molar-refractivity contribution is 6.31. The highest BCUT2D eigenvalue weighted by Crippen LogP contribution is 2.26. The molecule has 5 aromatic carbocycles. The number of hydrogen-bond acceptors (Lipinski definition) is 10. The molecule has 21 heteroatoms. The SMILES string of the molecule is CN(C)C(=N)c1ccc(C(=O)Nc2ccc([N+](=O)[O-])cc2C(=O)Nc2ccc(Cl)cc2)cc1.NC(=NO)c1ccc(C(=O)Nc2cc(F)c(F)cc2C(=O)Nc2ccc(Cl)cn2)cc1. The van der Waals surface area contributed by atoms with Crippen molar-refractivity contribution >= 4 is 87.1 Å². The summed E-state index contributed by atoms with van der Waals surface area (Å²) in [6, 6.07) is 26.2. The number of nitrogens with zero attached hydrogens (tertiary/aromatic N) is 4. The molecular weight excluding hydrogens is 877 g/mol. The number of nitrogens with two attached hydrogens (primary N) is 1. The Morgan fingerprint density at radius 2 is 1.20 bits per heavy atom. The number of hydrogen-bond donors (Lipinski definition) is 7. The summed E-state index contributed by atoms with van der Waals surface area (Å²) in [5.74, 6) is -4.93. The molecule has 0 aliphatic rings. The summed E-state index contributed by atoms with van der Waals surface area (Å²) in [7, 11) is 3.49. The van der Waals surface area contributed by atoms with Crippen LogP contribution in [0, 0.1) is 27.2 Å². The number of rotatable bonds is 11. The minimum Gasteiger partial charge on any atom is -0.409 e. The van der Waals surface area contributed by atoms with Crippen molar-refractivity contribution in [1.82, 2.24) is 9.88 Å². The molecule has 326 valence electrons. The fourth-order valence-corrected chi connectivity index (χ4v) is 5.66. The Kier molecular flexibility index (Phi) is 15.3. The summed E-state index contributed by atoms with van der Waals surface area (Å²) in [6.07, 6.45) is 1.29. The van der Waals surface area contributed by atoms with Crippen LogP contribution in [0.2, 0.25) is 10.0 Å². The molecule has 0 spiro atoms. The maximum absolute atomic E-state index is 13.8. The maximum atomic E-state index is 13.8. The van der Waals surface area contributed by atoms with Gasteiger partial charge in [0.1, 0.15) is 11.7 Å². The standard InChI is InChI=1S/C23H20ClN5O4.C20H14ClF2N5O3/c1-28(2)21(25)14-3-5-15(6-4-14)22(30)27-20-12-11-18(29(32)33)13-19(20)23(31)26-17-9-7-16(24)8-10-17;21-12-5-6-17(25-9-12)27-20(30)13-7-14(22)15(23)8-16(13)26-19(29)11-3-1-10(2-4-11)18(24)28-31/h3-13,25H,1-2H3,(H,26,31)(H,27,30);1-9,31H,(H2,24,28)(H,26,29)(H,25,27,30). The average molecular weight is 912 g/mol. The maximum Gasteiger partial charge on any atom is 0.270 e. The number of carbonyl (C=O) groups excluding carboxylic acids is 4. The van der Waals surface area contributed by atoms with E-state index in [0.717, 1.165) is 6.07 Å². The molecule has 0 fully saturated rings. The molecule has 0 saturated carbocycles. The summed E-state index contributed by atoms with van der Waals surface area (Å²) in [6.45, 7) is 0. The Hall–Kier alpha value is -8.29. The zero-order valence-electron chi connectivity index (χ0n) is 33.3. The minimum absolute atomic E-state index is 0.0708. The molecule has 0 aliphatic heterocycles. The van der Waals surface area contributed by atoms with E-state index in [-0.39, 0.29) is 45.4 Å². The molecule has 6 rings (SSSR count). The van der Waals surface area contributed by atoms with Crippen LogP contribution in [-0.4, -0.2) is 69.4 Å². The van der Waals surface area contributed by atoms with Gasteiger partial charge in [-0.05, 0) is 72.8 Å². The summed E-state index contributed by atoms with van der Waals surface area (Å²) in [5, 5.41) is 41.6. The fraction of sp³-hybridized carbons (Fsp3) is 0.0465. The van der Waals surface area contributed by atoms with Gasteiger partial charge in [0.25, 0.3) is 29.3 Å². The van der Waals surface area contributed by atoms with Crippen molar-refractivity contribution in [1.29, 1.82) is 5.41 Å². The fourth-order valence-electron chi connectivity index (χ4n) is 5.42. The number of non-ortho nitro benzene ring substituents is 1. The van der Waals surface area contributed by atoms with Crippen LogP contribution in [0.5, 0.6) is 0 Å². The van der Waals surface area contributed by atoms with Crippen molar-refractivity contribution < 1.29 is 38.1 Å². The Morgan fingerprint density at radius 3 is 1.75 bits per heavy atom. The van der Waals surface area contributed by atoms with E-state index in [1.54, 1.807) is 67.5 Å². The molecule has 0 radical (unpaired) electrons. The molecule has 6 aromatic rings. The average Bonchev–Trinajstić information content (AvgIpc) is 3.28. The number of halogens is 4. The van der Waals surface area contributed by atoms with Gasteiger partial charge in [-0.3, -0.25) is 34.7 Å². The first-order valence-corrected chi connectivity index (χ1v) is 19.0. The lowest BCUT2D eigenvalue weighted by Crippen LogP contribution is -2.22. The van der Waals surface area contributed by atoms with Crippen LogP contribution < -0.4 is 27.0 Å². The lowest BCUT2D eigenvalue weighted by Gasteiger charge is -2.14. The van der Waals surface area contributed by atoms with Crippen LogP contribution in [0.25, 0.3) is 0 Å². The first kappa shape index (κ1) is 46.8. The molecule has 0 aliphatic carbocycles. The second kappa shape index (κ2) is 21.0. The first-order valence-electron chi connectivity index (χ1n) is 18.3. The van der Waals surface area contributed by atoms with E-state index in [4.69, 9.17) is 39.6 Å². The highest BCUT2D eigenvalue weighted by Gasteiger charge is 2.21. The molecular formula is C43H34Cl2F2N10O7. The Balaban J connectivity index is 0.000000241. The number of anilines is 4. The number of aromatic nitrogens is 1. The van der Waals surface area contributed by atoms with Crippen molar-refractivity contribution in [3.63, 3.8) is 0 Å². The third kappa shape index (κ3) is 12.2. The number of nitro benzene ring substituents is 1. The lowest BCUT2D eigenvalue weighted by molar-refractivity contribution is -0.384. The van der Waals surface area contributed by atoms with Gasteiger partial charge < -0.3 is 37.1 Å². The number of nitro groups is 1. The topological polar surface area (TPSA) is 258 Å². The van der Waals surface area contributed by atoms with Gasteiger partial charge in [0.2, 0.25) is 0 Å². The van der Waals surface area contributed by atoms with Gasteiger partial charge in [-0.1, -0.05) is 52.6 Å². The monoisotopic (exact) mass is 910 g/mol. The lowest BCUT2D eigenvalue weighted by atomic mass is 10.1. The van der Waals surface area contributed by atoms with Crippen LogP contribution in [-0.2, 0) is 0 Å². The van der Waals surface area contributed by atoms with Crippen molar-refractivity contribution in [2.45, 2.75) is 0 Å². The van der Waals surface area contributed by atoms with Crippen molar-refractivity contribution in [2.24, 2.45) is 10.9 Å². The van der Waals surface area contributed by atoms with Gasteiger partial charge in [0.15, 0.2) is 17.5 Å². The van der Waals surface area contributed by atoms with Crippen molar-refractivity contribution in [3.8, 4) is 0 Å². The zero-order valence-corrected chi connectivity index (χ0v) is 34.8. The summed E-state index contributed by atoms with van der Waals surface area (Å²) in [5.41, 5.74) is 6.50. The van der Waals surface area contributed by atoms with E-state index < -0.39 is 40.2 Å². The Morgan fingerprint density at radius 1 is 0.688 bits per heavy atom. The summed E-state index contributed by atoms with van der Waals surface area (Å²) in [4.78, 5) is 66.8. The smallest absolute Gasteiger partial charge is 0.270 e. The molecule has 8 N–H and O–H groups in total. The zero-order chi connectivity index (χ0) is 46.7. The van der Waals surface area contributed by atoms with Gasteiger partial charge in [-0.25, -0.2) is 13.8 Å². The number of nitrogens with one attached hydrogen (secondary N) is 5. The van der Waals surface area contributed by atoms with Crippen molar-refractivity contribution in [2.75, 3.05) is 35.4 Å². The predicted molar refractivity (Wildman–Crippen MR) is 238 cm³/mol. The molecule has 0 saturated heterocycles. The number of pyridine rings is 1. The third-order valence-corrected chi connectivity index (χ3v) is 9.23. The number of carbonyl (C=O) groups is 4. The van der Waals surface area contributed by atoms with Gasteiger partial charge in [-0.15, -0.1) is 0 Å². The first-order chi connectivity index (χ1) is 30.4. The number of amides is 4.